The Bertz CT molecular complexity index is 577. The van der Waals surface area contributed by atoms with Crippen LogP contribution in [0.25, 0.3) is 0 Å². The van der Waals surface area contributed by atoms with Crippen LogP contribution in [0.4, 0.5) is 0 Å². The Morgan fingerprint density at radius 3 is 2.68 bits per heavy atom. The normalized spacial score (nSPS) is 18.5. The Hall–Kier alpha value is -1.79. The summed E-state index contributed by atoms with van der Waals surface area (Å²) in [5, 5.41) is 3.88. The topological polar surface area (TPSA) is 58.3 Å². The van der Waals surface area contributed by atoms with Crippen LogP contribution in [0.2, 0.25) is 0 Å². The second-order valence-corrected chi connectivity index (χ2v) is 5.80. The van der Waals surface area contributed by atoms with Gasteiger partial charge in [0, 0.05) is 51.0 Å². The molecule has 1 aliphatic rings. The Labute approximate surface area is 131 Å². The summed E-state index contributed by atoms with van der Waals surface area (Å²) < 4.78 is 5.29. The first kappa shape index (κ1) is 15.1. The molecule has 0 radical (unpaired) electrons. The minimum atomic E-state index is 0.194. The Morgan fingerprint density at radius 2 is 2.05 bits per heavy atom. The van der Waals surface area contributed by atoms with Gasteiger partial charge in [-0.2, -0.15) is 4.98 Å². The van der Waals surface area contributed by atoms with Crippen molar-refractivity contribution in [1.29, 1.82) is 0 Å². The molecule has 0 N–H and O–H groups in total. The third-order valence-corrected chi connectivity index (χ3v) is 4.27. The summed E-state index contributed by atoms with van der Waals surface area (Å²) in [5.74, 6) is 1.43. The summed E-state index contributed by atoms with van der Waals surface area (Å²) in [5.41, 5.74) is 1.17. The zero-order valence-corrected chi connectivity index (χ0v) is 13.3. The number of hydrogen-bond acceptors (Lipinski definition) is 6. The van der Waals surface area contributed by atoms with Gasteiger partial charge in [-0.05, 0) is 26.0 Å². The van der Waals surface area contributed by atoms with Gasteiger partial charge in [-0.25, -0.2) is 0 Å². The molecule has 6 heteroatoms. The van der Waals surface area contributed by atoms with E-state index in [4.69, 9.17) is 4.52 Å². The van der Waals surface area contributed by atoms with E-state index in [9.17, 15) is 0 Å². The molecule has 1 fully saturated rings. The summed E-state index contributed by atoms with van der Waals surface area (Å²) in [7, 11) is 0. The lowest BCUT2D eigenvalue weighted by atomic mass is 10.2. The zero-order valence-electron chi connectivity index (χ0n) is 13.3. The summed E-state index contributed by atoms with van der Waals surface area (Å²) in [4.78, 5) is 13.6. The Morgan fingerprint density at radius 1 is 1.23 bits per heavy atom. The molecule has 2 aromatic heterocycles. The lowest BCUT2D eigenvalue weighted by molar-refractivity contribution is 0.0889. The molecule has 2 aromatic rings. The van der Waals surface area contributed by atoms with E-state index in [0.29, 0.717) is 5.82 Å². The Balaban J connectivity index is 1.46. The van der Waals surface area contributed by atoms with Crippen LogP contribution in [0.5, 0.6) is 0 Å². The van der Waals surface area contributed by atoms with Gasteiger partial charge in [0.25, 0.3) is 0 Å². The highest BCUT2D eigenvalue weighted by Crippen LogP contribution is 2.19. The predicted octanol–water partition coefficient (Wildman–Crippen LogP) is 1.69. The van der Waals surface area contributed by atoms with Gasteiger partial charge < -0.3 is 9.42 Å². The molecule has 22 heavy (non-hydrogen) atoms. The molecule has 1 saturated heterocycles. The average Bonchev–Trinajstić information content (AvgIpc) is 3.00. The molecule has 3 rings (SSSR count). The van der Waals surface area contributed by atoms with Crippen molar-refractivity contribution < 1.29 is 4.52 Å². The first-order chi connectivity index (χ1) is 10.7. The van der Waals surface area contributed by atoms with Crippen molar-refractivity contribution >= 4 is 0 Å². The standard InChI is InChI=1S/C16H23N5O/c1-13(16-18-14(2)19-22-16)21-11-9-20(10-12-21)8-6-15-5-3-4-7-17-15/h3-5,7,13H,6,8-12H2,1-2H3/t13-/m0/s1. The van der Waals surface area contributed by atoms with Crippen LogP contribution in [0.3, 0.4) is 0 Å². The van der Waals surface area contributed by atoms with E-state index in [1.165, 1.54) is 5.69 Å². The number of aryl methyl sites for hydroxylation is 1. The lowest BCUT2D eigenvalue weighted by Crippen LogP contribution is -2.47. The van der Waals surface area contributed by atoms with Gasteiger partial charge in [-0.3, -0.25) is 9.88 Å². The maximum absolute atomic E-state index is 5.29. The van der Waals surface area contributed by atoms with Crippen LogP contribution in [-0.2, 0) is 6.42 Å². The van der Waals surface area contributed by atoms with Crippen LogP contribution < -0.4 is 0 Å². The largest absolute Gasteiger partial charge is 0.338 e. The monoisotopic (exact) mass is 301 g/mol. The van der Waals surface area contributed by atoms with E-state index in [2.05, 4.69) is 37.9 Å². The van der Waals surface area contributed by atoms with Gasteiger partial charge >= 0.3 is 0 Å². The molecule has 1 aliphatic heterocycles. The van der Waals surface area contributed by atoms with Crippen LogP contribution in [0, 0.1) is 6.92 Å². The highest BCUT2D eigenvalue weighted by molar-refractivity contribution is 5.04. The maximum Gasteiger partial charge on any atom is 0.243 e. The van der Waals surface area contributed by atoms with Crippen molar-refractivity contribution in [1.82, 2.24) is 24.9 Å². The number of hydrogen-bond donors (Lipinski definition) is 0. The van der Waals surface area contributed by atoms with Gasteiger partial charge in [0.05, 0.1) is 6.04 Å². The summed E-state index contributed by atoms with van der Waals surface area (Å²) in [6, 6.07) is 6.30. The van der Waals surface area contributed by atoms with E-state index in [0.717, 1.165) is 45.0 Å². The molecule has 3 heterocycles. The summed E-state index contributed by atoms with van der Waals surface area (Å²) >= 11 is 0. The second-order valence-electron chi connectivity index (χ2n) is 5.80. The molecule has 118 valence electrons. The maximum atomic E-state index is 5.29. The van der Waals surface area contributed by atoms with Gasteiger partial charge in [0.15, 0.2) is 5.82 Å². The fourth-order valence-corrected chi connectivity index (χ4v) is 2.83. The van der Waals surface area contributed by atoms with Gasteiger partial charge in [-0.15, -0.1) is 0 Å². The quantitative estimate of drug-likeness (QED) is 0.837. The van der Waals surface area contributed by atoms with E-state index in [1.807, 2.05) is 25.3 Å². The molecule has 0 spiro atoms. The third-order valence-electron chi connectivity index (χ3n) is 4.27. The first-order valence-electron chi connectivity index (χ1n) is 7.89. The van der Waals surface area contributed by atoms with Crippen LogP contribution in [0.15, 0.2) is 28.9 Å². The van der Waals surface area contributed by atoms with E-state index in [1.54, 1.807) is 0 Å². The molecular weight excluding hydrogens is 278 g/mol. The SMILES string of the molecule is Cc1noc([C@H](C)N2CCN(CCc3ccccn3)CC2)n1. The molecule has 0 unspecified atom stereocenters. The summed E-state index contributed by atoms with van der Waals surface area (Å²) in [6.45, 7) is 9.27. The second kappa shape index (κ2) is 6.98. The number of aromatic nitrogens is 3. The van der Waals surface area contributed by atoms with Crippen LogP contribution >= 0.6 is 0 Å². The van der Waals surface area contributed by atoms with Gasteiger partial charge in [0.1, 0.15) is 0 Å². The van der Waals surface area contributed by atoms with Gasteiger partial charge in [-0.1, -0.05) is 11.2 Å². The minimum absolute atomic E-state index is 0.194. The number of pyridine rings is 1. The number of rotatable bonds is 5. The minimum Gasteiger partial charge on any atom is -0.338 e. The Kier molecular flexibility index (Phi) is 4.80. The smallest absolute Gasteiger partial charge is 0.243 e. The predicted molar refractivity (Wildman–Crippen MR) is 83.4 cm³/mol. The van der Waals surface area contributed by atoms with E-state index < -0.39 is 0 Å². The van der Waals surface area contributed by atoms with Crippen LogP contribution in [-0.4, -0.2) is 57.6 Å². The molecule has 0 saturated carbocycles. The van der Waals surface area contributed by atoms with E-state index >= 15 is 0 Å². The fraction of sp³-hybridized carbons (Fsp3) is 0.562. The molecule has 0 aromatic carbocycles. The van der Waals surface area contributed by atoms with Crippen molar-refractivity contribution in [3.63, 3.8) is 0 Å². The van der Waals surface area contributed by atoms with Gasteiger partial charge in [0.2, 0.25) is 5.89 Å². The van der Waals surface area contributed by atoms with E-state index in [-0.39, 0.29) is 6.04 Å². The summed E-state index contributed by atoms with van der Waals surface area (Å²) in [6.07, 6.45) is 2.88. The zero-order chi connectivity index (χ0) is 15.4. The fourth-order valence-electron chi connectivity index (χ4n) is 2.83. The molecule has 0 bridgehead atoms. The van der Waals surface area contributed by atoms with Crippen molar-refractivity contribution in [2.75, 3.05) is 32.7 Å². The van der Waals surface area contributed by atoms with Crippen LogP contribution in [0.1, 0.15) is 30.4 Å². The number of piperazine rings is 1. The highest BCUT2D eigenvalue weighted by atomic mass is 16.5. The molecular formula is C16H23N5O. The molecule has 1 atom stereocenters. The highest BCUT2D eigenvalue weighted by Gasteiger charge is 2.25. The van der Waals surface area contributed by atoms with Crippen molar-refractivity contribution in [2.24, 2.45) is 0 Å². The van der Waals surface area contributed by atoms with Crippen molar-refractivity contribution in [3.8, 4) is 0 Å². The first-order valence-corrected chi connectivity index (χ1v) is 7.89. The van der Waals surface area contributed by atoms with Crippen molar-refractivity contribution in [3.05, 3.63) is 41.8 Å². The molecule has 0 aliphatic carbocycles. The molecule has 6 nitrogen and oxygen atoms in total. The van der Waals surface area contributed by atoms with Crippen molar-refractivity contribution in [2.45, 2.75) is 26.3 Å². The number of nitrogens with zero attached hydrogens (tertiary/aromatic N) is 5. The average molecular weight is 301 g/mol. The molecule has 0 amide bonds. The third kappa shape index (κ3) is 3.69. The lowest BCUT2D eigenvalue weighted by Gasteiger charge is -2.36.